The maximum atomic E-state index is 12.2. The minimum absolute atomic E-state index is 0.253. The smallest absolute Gasteiger partial charge is 0.297 e. The van der Waals surface area contributed by atoms with Crippen LogP contribution >= 0.6 is 11.8 Å². The number of halogens is 2. The van der Waals surface area contributed by atoms with Crippen molar-refractivity contribution in [2.45, 2.75) is 5.92 Å². The van der Waals surface area contributed by atoms with Crippen molar-refractivity contribution in [3.05, 3.63) is 0 Å². The molecule has 4 heteroatoms. The summed E-state index contributed by atoms with van der Waals surface area (Å²) in [5.74, 6) is -2.91. The largest absolute Gasteiger partial charge is 0.306 e. The fourth-order valence-corrected chi connectivity index (χ4v) is 1.47. The molecule has 0 aromatic heterocycles. The van der Waals surface area contributed by atoms with Crippen molar-refractivity contribution in [2.75, 3.05) is 11.5 Å². The van der Waals surface area contributed by atoms with Crippen molar-refractivity contribution in [1.82, 2.24) is 0 Å². The molecule has 1 saturated heterocycles. The summed E-state index contributed by atoms with van der Waals surface area (Å²) in [7, 11) is 0. The molecular weight excluding hydrogens is 146 g/mol. The lowest BCUT2D eigenvalue weighted by atomic mass is 10.1. The highest BCUT2D eigenvalue weighted by molar-refractivity contribution is 8.00. The van der Waals surface area contributed by atoms with E-state index in [0.29, 0.717) is 11.5 Å². The summed E-state index contributed by atoms with van der Waals surface area (Å²) >= 11 is 1.45. The van der Waals surface area contributed by atoms with Gasteiger partial charge in [-0.3, -0.25) is 4.79 Å². The first-order valence-electron chi connectivity index (χ1n) is 2.58. The molecule has 1 fully saturated rings. The van der Waals surface area contributed by atoms with Gasteiger partial charge in [-0.1, -0.05) is 0 Å². The first-order valence-corrected chi connectivity index (χ1v) is 3.74. The van der Waals surface area contributed by atoms with E-state index < -0.39 is 11.8 Å². The minimum Gasteiger partial charge on any atom is -0.297 e. The van der Waals surface area contributed by atoms with Gasteiger partial charge in [-0.25, -0.2) is 0 Å². The van der Waals surface area contributed by atoms with Crippen LogP contribution in [0.5, 0.6) is 0 Å². The van der Waals surface area contributed by atoms with E-state index in [2.05, 4.69) is 0 Å². The fourth-order valence-electron chi connectivity index (χ4n) is 0.554. The zero-order chi connectivity index (χ0) is 6.91. The van der Waals surface area contributed by atoms with Crippen LogP contribution in [0.25, 0.3) is 0 Å². The second-order valence-electron chi connectivity index (χ2n) is 2.03. The van der Waals surface area contributed by atoms with Gasteiger partial charge in [-0.2, -0.15) is 20.5 Å². The van der Waals surface area contributed by atoms with Crippen LogP contribution in [0.3, 0.4) is 0 Å². The van der Waals surface area contributed by atoms with E-state index in [0.717, 1.165) is 0 Å². The Kier molecular flexibility index (Phi) is 1.75. The van der Waals surface area contributed by atoms with Crippen LogP contribution in [0.4, 0.5) is 8.78 Å². The Morgan fingerprint density at radius 2 is 2.11 bits per heavy atom. The van der Waals surface area contributed by atoms with Crippen molar-refractivity contribution in [3.8, 4) is 0 Å². The normalized spacial score (nSPS) is 21.1. The van der Waals surface area contributed by atoms with E-state index >= 15 is 0 Å². The van der Waals surface area contributed by atoms with Gasteiger partial charge in [0.15, 0.2) is 6.29 Å². The SMILES string of the molecule is O=CC(F)(F)C1CSC1. The third-order valence-electron chi connectivity index (χ3n) is 1.34. The van der Waals surface area contributed by atoms with Gasteiger partial charge in [0.1, 0.15) is 0 Å². The second kappa shape index (κ2) is 2.25. The van der Waals surface area contributed by atoms with Crippen LogP contribution in [-0.4, -0.2) is 23.7 Å². The average Bonchev–Trinajstić information content (AvgIpc) is 1.60. The van der Waals surface area contributed by atoms with E-state index in [-0.39, 0.29) is 6.29 Å². The van der Waals surface area contributed by atoms with Crippen molar-refractivity contribution < 1.29 is 13.6 Å². The lowest BCUT2D eigenvalue weighted by Gasteiger charge is -2.28. The highest BCUT2D eigenvalue weighted by Gasteiger charge is 2.43. The third kappa shape index (κ3) is 1.23. The molecule has 0 spiro atoms. The van der Waals surface area contributed by atoms with E-state index in [1.807, 2.05) is 0 Å². The van der Waals surface area contributed by atoms with Crippen LogP contribution in [-0.2, 0) is 4.79 Å². The predicted molar refractivity (Wildman–Crippen MR) is 31.8 cm³/mol. The minimum atomic E-state index is -3.06. The van der Waals surface area contributed by atoms with Gasteiger partial charge in [-0.15, -0.1) is 0 Å². The van der Waals surface area contributed by atoms with Crippen LogP contribution in [0.2, 0.25) is 0 Å². The third-order valence-corrected chi connectivity index (χ3v) is 2.62. The van der Waals surface area contributed by atoms with Gasteiger partial charge < -0.3 is 0 Å². The van der Waals surface area contributed by atoms with Gasteiger partial charge in [0.05, 0.1) is 0 Å². The summed E-state index contributed by atoms with van der Waals surface area (Å²) in [5, 5.41) is 0. The molecule has 0 atom stereocenters. The first-order chi connectivity index (χ1) is 4.17. The highest BCUT2D eigenvalue weighted by Crippen LogP contribution is 2.36. The molecule has 0 aromatic rings. The Morgan fingerprint density at radius 3 is 2.22 bits per heavy atom. The molecule has 0 saturated carbocycles. The lowest BCUT2D eigenvalue weighted by Crippen LogP contribution is -2.38. The van der Waals surface area contributed by atoms with Gasteiger partial charge >= 0.3 is 5.92 Å². The quantitative estimate of drug-likeness (QED) is 0.553. The summed E-state index contributed by atoms with van der Waals surface area (Å²) in [6, 6.07) is 0. The van der Waals surface area contributed by atoms with Gasteiger partial charge in [0.2, 0.25) is 0 Å². The van der Waals surface area contributed by atoms with Gasteiger partial charge in [0, 0.05) is 17.4 Å². The molecule has 0 aliphatic carbocycles. The Labute approximate surface area is 55.8 Å². The first kappa shape index (κ1) is 6.99. The molecule has 0 bridgehead atoms. The van der Waals surface area contributed by atoms with Crippen molar-refractivity contribution in [2.24, 2.45) is 5.92 Å². The van der Waals surface area contributed by atoms with E-state index in [4.69, 9.17) is 0 Å². The maximum Gasteiger partial charge on any atom is 0.306 e. The summed E-state index contributed by atoms with van der Waals surface area (Å²) in [6.45, 7) is 0. The predicted octanol–water partition coefficient (Wildman–Crippen LogP) is 1.18. The zero-order valence-corrected chi connectivity index (χ0v) is 5.46. The number of hydrogen-bond acceptors (Lipinski definition) is 2. The molecule has 1 nitrogen and oxygen atoms in total. The maximum absolute atomic E-state index is 12.2. The Hall–Kier alpha value is -0.120. The molecule has 0 N–H and O–H groups in total. The van der Waals surface area contributed by atoms with Crippen LogP contribution in [0.1, 0.15) is 0 Å². The number of alkyl halides is 2. The topological polar surface area (TPSA) is 17.1 Å². The molecular formula is C5H6F2OS. The van der Waals surface area contributed by atoms with E-state index in [1.165, 1.54) is 11.8 Å². The van der Waals surface area contributed by atoms with Crippen LogP contribution in [0.15, 0.2) is 0 Å². The molecule has 1 rings (SSSR count). The summed E-state index contributed by atoms with van der Waals surface area (Å²) in [4.78, 5) is 9.70. The monoisotopic (exact) mass is 152 g/mol. The summed E-state index contributed by atoms with van der Waals surface area (Å²) < 4.78 is 24.4. The fraction of sp³-hybridized carbons (Fsp3) is 0.800. The van der Waals surface area contributed by atoms with Crippen LogP contribution < -0.4 is 0 Å². The molecule has 0 radical (unpaired) electrons. The number of rotatable bonds is 2. The lowest BCUT2D eigenvalue weighted by molar-refractivity contribution is -0.135. The number of carbonyl (C=O) groups is 1. The van der Waals surface area contributed by atoms with Crippen LogP contribution in [0, 0.1) is 5.92 Å². The van der Waals surface area contributed by atoms with E-state index in [9.17, 15) is 13.6 Å². The van der Waals surface area contributed by atoms with Gasteiger partial charge in [0.25, 0.3) is 0 Å². The van der Waals surface area contributed by atoms with Gasteiger partial charge in [-0.05, 0) is 0 Å². The van der Waals surface area contributed by atoms with Crippen molar-refractivity contribution in [1.29, 1.82) is 0 Å². The zero-order valence-electron chi connectivity index (χ0n) is 4.64. The molecule has 0 amide bonds. The molecule has 1 aliphatic rings. The second-order valence-corrected chi connectivity index (χ2v) is 3.10. The molecule has 1 heterocycles. The molecule has 0 aromatic carbocycles. The number of thioether (sulfide) groups is 1. The Balaban J connectivity index is 2.46. The number of hydrogen-bond donors (Lipinski definition) is 0. The average molecular weight is 152 g/mol. The standard InChI is InChI=1S/C5H6F2OS/c6-5(7,3-8)4-1-9-2-4/h3-4H,1-2H2. The molecule has 1 aliphatic heterocycles. The molecule has 52 valence electrons. The Bertz CT molecular complexity index is 122. The molecule has 0 unspecified atom stereocenters. The number of aldehydes is 1. The summed E-state index contributed by atoms with van der Waals surface area (Å²) in [6.07, 6.45) is -0.253. The highest BCUT2D eigenvalue weighted by atomic mass is 32.2. The molecule has 9 heavy (non-hydrogen) atoms. The Morgan fingerprint density at radius 1 is 1.56 bits per heavy atom. The van der Waals surface area contributed by atoms with Crippen molar-refractivity contribution in [3.63, 3.8) is 0 Å². The number of carbonyl (C=O) groups excluding carboxylic acids is 1. The summed E-state index contributed by atoms with van der Waals surface area (Å²) in [5.41, 5.74) is 0. The van der Waals surface area contributed by atoms with E-state index in [1.54, 1.807) is 0 Å². The van der Waals surface area contributed by atoms with Crippen molar-refractivity contribution >= 4 is 18.0 Å².